The van der Waals surface area contributed by atoms with Crippen molar-refractivity contribution in [2.24, 2.45) is 0 Å². The van der Waals surface area contributed by atoms with Gasteiger partial charge in [0.2, 0.25) is 10.0 Å². The van der Waals surface area contributed by atoms with Gasteiger partial charge in [0.15, 0.2) is 0 Å². The van der Waals surface area contributed by atoms with E-state index in [0.29, 0.717) is 48.0 Å². The largest absolute Gasteiger partial charge is 0.490 e. The third kappa shape index (κ3) is 6.67. The van der Waals surface area contributed by atoms with Crippen molar-refractivity contribution in [3.63, 3.8) is 0 Å². The molecule has 0 unspecified atom stereocenters. The van der Waals surface area contributed by atoms with E-state index in [4.69, 9.17) is 9.47 Å². The van der Waals surface area contributed by atoms with Gasteiger partial charge in [-0.2, -0.15) is 5.26 Å². The van der Waals surface area contributed by atoms with Crippen LogP contribution in [-0.4, -0.2) is 56.4 Å². The highest BCUT2D eigenvalue weighted by atomic mass is 32.2. The third-order valence-electron chi connectivity index (χ3n) is 6.18. The lowest BCUT2D eigenvalue weighted by Crippen LogP contribution is -2.44. The topological polar surface area (TPSA) is 117 Å². The maximum atomic E-state index is 13.6. The molecule has 1 fully saturated rings. The number of nitriles is 1. The molecule has 1 aliphatic heterocycles. The van der Waals surface area contributed by atoms with E-state index in [9.17, 15) is 23.3 Å². The first-order chi connectivity index (χ1) is 18.4. The normalized spacial score (nSPS) is 14.5. The van der Waals surface area contributed by atoms with Gasteiger partial charge in [-0.15, -0.1) is 0 Å². The lowest BCUT2D eigenvalue weighted by molar-refractivity contribution is 0.0127. The van der Waals surface area contributed by atoms with Gasteiger partial charge in [0.1, 0.15) is 17.5 Å². The van der Waals surface area contributed by atoms with Gasteiger partial charge in [-0.25, -0.2) is 17.5 Å². The Hall–Kier alpha value is -4.10. The molecule has 0 bridgehead atoms. The minimum atomic E-state index is -3.96. The van der Waals surface area contributed by atoms with Crippen molar-refractivity contribution in [2.45, 2.75) is 45.3 Å². The molecule has 3 aromatic carbocycles. The average molecular weight is 550 g/mol. The number of amides is 2. The number of ether oxygens (including phenoxy) is 2. The Labute approximate surface area is 228 Å². The van der Waals surface area contributed by atoms with Crippen molar-refractivity contribution in [3.8, 4) is 11.8 Å². The summed E-state index contributed by atoms with van der Waals surface area (Å²) in [6.45, 7) is 6.36. The molecule has 9 nitrogen and oxygen atoms in total. The van der Waals surface area contributed by atoms with Gasteiger partial charge in [0.05, 0.1) is 23.6 Å². The molecule has 0 spiro atoms. The number of hydrogen-bond acceptors (Lipinski definition) is 7. The number of piperidine rings is 1. The quantitative estimate of drug-likeness (QED) is 0.435. The Morgan fingerprint density at radius 1 is 1.03 bits per heavy atom. The minimum absolute atomic E-state index is 0.105. The fourth-order valence-electron chi connectivity index (χ4n) is 4.43. The lowest BCUT2D eigenvalue weighted by Gasteiger charge is -2.33. The van der Waals surface area contributed by atoms with Crippen LogP contribution in [0.2, 0.25) is 0 Å². The summed E-state index contributed by atoms with van der Waals surface area (Å²) < 4.78 is 37.9. The van der Waals surface area contributed by atoms with Crippen LogP contribution < -0.4 is 9.04 Å². The van der Waals surface area contributed by atoms with Gasteiger partial charge < -0.3 is 14.4 Å². The van der Waals surface area contributed by atoms with Gasteiger partial charge in [-0.1, -0.05) is 18.2 Å². The van der Waals surface area contributed by atoms with Gasteiger partial charge in [-0.3, -0.25) is 4.79 Å². The second-order valence-corrected chi connectivity index (χ2v) is 12.3. The Kier molecular flexibility index (Phi) is 7.84. The highest BCUT2D eigenvalue weighted by Crippen LogP contribution is 2.33. The molecule has 1 heterocycles. The van der Waals surface area contributed by atoms with Crippen LogP contribution in [0, 0.1) is 11.3 Å². The summed E-state index contributed by atoms with van der Waals surface area (Å²) in [5.41, 5.74) is 0.130. The SMILES string of the molecule is CC(C)(C)OC(=O)N1CCC(Oc2cc(C(=O)N(c3ccccc3)S(C)(=O)=O)cc3cc(C#N)ccc23)CC1. The molecule has 0 aromatic heterocycles. The van der Waals surface area contributed by atoms with E-state index in [0.717, 1.165) is 10.6 Å². The van der Waals surface area contributed by atoms with Gasteiger partial charge in [0, 0.05) is 36.9 Å². The molecular formula is C29H31N3O6S. The molecule has 10 heteroatoms. The van der Waals surface area contributed by atoms with Crippen molar-refractivity contribution < 1.29 is 27.5 Å². The summed E-state index contributed by atoms with van der Waals surface area (Å²) in [5, 5.41) is 10.7. The van der Waals surface area contributed by atoms with E-state index in [1.807, 2.05) is 20.8 Å². The second-order valence-electron chi connectivity index (χ2n) is 10.5. The van der Waals surface area contributed by atoms with Gasteiger partial charge in [0.25, 0.3) is 5.91 Å². The first-order valence-corrected chi connectivity index (χ1v) is 14.4. The number of benzene rings is 3. The minimum Gasteiger partial charge on any atom is -0.490 e. The zero-order chi connectivity index (χ0) is 28.4. The molecule has 2 amide bonds. The average Bonchev–Trinajstić information content (AvgIpc) is 2.87. The summed E-state index contributed by atoms with van der Waals surface area (Å²) in [4.78, 5) is 27.7. The van der Waals surface area contributed by atoms with Crippen LogP contribution in [0.5, 0.6) is 5.75 Å². The Balaban J connectivity index is 1.66. The molecule has 4 rings (SSSR count). The molecule has 39 heavy (non-hydrogen) atoms. The maximum absolute atomic E-state index is 13.6. The number of para-hydroxylation sites is 1. The molecule has 0 atom stereocenters. The van der Waals surface area contributed by atoms with E-state index in [-0.39, 0.29) is 23.4 Å². The maximum Gasteiger partial charge on any atom is 0.410 e. The fourth-order valence-corrected chi connectivity index (χ4v) is 5.34. The van der Waals surface area contributed by atoms with Crippen LogP contribution >= 0.6 is 0 Å². The third-order valence-corrected chi connectivity index (χ3v) is 7.22. The van der Waals surface area contributed by atoms with Crippen molar-refractivity contribution >= 4 is 38.5 Å². The van der Waals surface area contributed by atoms with Gasteiger partial charge >= 0.3 is 6.09 Å². The Bertz CT molecular complexity index is 1530. The standard InChI is InChI=1S/C29H31N3O6S/c1-29(2,3)38-28(34)31-14-12-24(13-15-31)37-26-18-22(17-21-16-20(19-30)10-11-25(21)26)27(33)32(39(4,35)36)23-8-6-5-7-9-23/h5-11,16-18,24H,12-15H2,1-4H3. The van der Waals surface area contributed by atoms with Crippen molar-refractivity contribution in [3.05, 3.63) is 71.8 Å². The molecule has 3 aromatic rings. The summed E-state index contributed by atoms with van der Waals surface area (Å²) >= 11 is 0. The van der Waals surface area contributed by atoms with Crippen LogP contribution in [0.3, 0.4) is 0 Å². The smallest absolute Gasteiger partial charge is 0.410 e. The number of fused-ring (bicyclic) bond motifs is 1. The summed E-state index contributed by atoms with van der Waals surface area (Å²) in [5.74, 6) is -0.338. The molecule has 0 N–H and O–H groups in total. The van der Waals surface area contributed by atoms with Crippen LogP contribution in [0.15, 0.2) is 60.7 Å². The van der Waals surface area contributed by atoms with E-state index < -0.39 is 21.5 Å². The highest BCUT2D eigenvalue weighted by Gasteiger charge is 2.30. The highest BCUT2D eigenvalue weighted by molar-refractivity contribution is 7.92. The summed E-state index contributed by atoms with van der Waals surface area (Å²) in [6.07, 6.45) is 1.46. The van der Waals surface area contributed by atoms with Gasteiger partial charge in [-0.05, 0) is 68.6 Å². The lowest BCUT2D eigenvalue weighted by atomic mass is 10.0. The molecule has 1 saturated heterocycles. The van der Waals surface area contributed by atoms with Crippen molar-refractivity contribution in [2.75, 3.05) is 23.7 Å². The predicted octanol–water partition coefficient (Wildman–Crippen LogP) is 5.10. The summed E-state index contributed by atoms with van der Waals surface area (Å²) in [7, 11) is -3.96. The number of rotatable bonds is 5. The molecule has 0 radical (unpaired) electrons. The van der Waals surface area contributed by atoms with Crippen molar-refractivity contribution in [1.29, 1.82) is 5.26 Å². The van der Waals surface area contributed by atoms with Crippen LogP contribution in [-0.2, 0) is 14.8 Å². The zero-order valence-corrected chi connectivity index (χ0v) is 23.2. The number of carbonyl (C=O) groups excluding carboxylic acids is 2. The number of sulfonamides is 1. The monoisotopic (exact) mass is 549 g/mol. The van der Waals surface area contributed by atoms with E-state index in [1.165, 1.54) is 6.07 Å². The van der Waals surface area contributed by atoms with E-state index >= 15 is 0 Å². The zero-order valence-electron chi connectivity index (χ0n) is 22.4. The molecule has 204 valence electrons. The molecule has 1 aliphatic rings. The fraction of sp³-hybridized carbons (Fsp3) is 0.345. The number of hydrogen-bond donors (Lipinski definition) is 0. The predicted molar refractivity (Wildman–Crippen MR) is 148 cm³/mol. The Morgan fingerprint density at radius 2 is 1.69 bits per heavy atom. The second kappa shape index (κ2) is 10.9. The first kappa shape index (κ1) is 27.9. The number of anilines is 1. The van der Waals surface area contributed by atoms with Crippen molar-refractivity contribution in [1.82, 2.24) is 4.90 Å². The van der Waals surface area contributed by atoms with Crippen LogP contribution in [0.25, 0.3) is 10.8 Å². The van der Waals surface area contributed by atoms with E-state index in [1.54, 1.807) is 59.5 Å². The molecule has 0 saturated carbocycles. The number of likely N-dealkylation sites (tertiary alicyclic amines) is 1. The Morgan fingerprint density at radius 3 is 2.28 bits per heavy atom. The molecular weight excluding hydrogens is 518 g/mol. The van der Waals surface area contributed by atoms with Crippen LogP contribution in [0.1, 0.15) is 49.5 Å². The number of carbonyl (C=O) groups is 2. The number of nitrogens with zero attached hydrogens (tertiary/aromatic N) is 3. The molecule has 0 aliphatic carbocycles. The van der Waals surface area contributed by atoms with Crippen LogP contribution in [0.4, 0.5) is 10.5 Å². The summed E-state index contributed by atoms with van der Waals surface area (Å²) in [6, 6.07) is 18.4. The van der Waals surface area contributed by atoms with E-state index in [2.05, 4.69) is 6.07 Å². The first-order valence-electron chi connectivity index (χ1n) is 12.6.